The van der Waals surface area contributed by atoms with Crippen LogP contribution in [0.3, 0.4) is 0 Å². The lowest BCUT2D eigenvalue weighted by Crippen LogP contribution is -2.38. The van der Waals surface area contributed by atoms with E-state index in [0.717, 1.165) is 27.1 Å². The summed E-state index contributed by atoms with van der Waals surface area (Å²) in [7, 11) is 0. The third-order valence-electron chi connectivity index (χ3n) is 6.68. The molecule has 1 heterocycles. The Kier molecular flexibility index (Phi) is 10.00. The monoisotopic (exact) mass is 550 g/mol. The van der Waals surface area contributed by atoms with Gasteiger partial charge in [0.2, 0.25) is 0 Å². The number of carbonyl (C=O) groups is 2. The third kappa shape index (κ3) is 7.60. The fourth-order valence-corrected chi connectivity index (χ4v) is 5.45. The van der Waals surface area contributed by atoms with Crippen LogP contribution in [0.5, 0.6) is 0 Å². The van der Waals surface area contributed by atoms with Crippen molar-refractivity contribution in [3.05, 3.63) is 101 Å². The van der Waals surface area contributed by atoms with Gasteiger partial charge in [-0.15, -0.1) is 11.8 Å². The number of hydrogen-bond donors (Lipinski definition) is 4. The number of benzene rings is 3. The zero-order valence-corrected chi connectivity index (χ0v) is 22.8. The summed E-state index contributed by atoms with van der Waals surface area (Å²) >= 11 is 1.61. The first-order valence-corrected chi connectivity index (χ1v) is 13.9. The molecule has 0 radical (unpaired) electrons. The van der Waals surface area contributed by atoms with E-state index < -0.39 is 12.3 Å². The largest absolute Gasteiger partial charge is 0.478 e. The van der Waals surface area contributed by atoms with Gasteiger partial charge in [0.15, 0.2) is 6.29 Å². The quantitative estimate of drug-likeness (QED) is 0.254. The fraction of sp³-hybridized carbons (Fsp3) is 0.333. The minimum absolute atomic E-state index is 0.0195. The molecular weight excluding hydrogens is 516 g/mol. The van der Waals surface area contributed by atoms with Crippen molar-refractivity contribution in [1.82, 2.24) is 10.6 Å². The molecule has 0 saturated carbocycles. The van der Waals surface area contributed by atoms with Crippen LogP contribution in [0.25, 0.3) is 0 Å². The predicted octanol–water partition coefficient (Wildman–Crippen LogP) is 5.28. The van der Waals surface area contributed by atoms with Gasteiger partial charge in [0, 0.05) is 35.2 Å². The van der Waals surface area contributed by atoms with Gasteiger partial charge >= 0.3 is 12.0 Å². The second kappa shape index (κ2) is 13.6. The highest BCUT2D eigenvalue weighted by Crippen LogP contribution is 2.43. The molecule has 1 aliphatic heterocycles. The van der Waals surface area contributed by atoms with E-state index in [1.165, 1.54) is 0 Å². The Bertz CT molecular complexity index is 1230. The molecule has 9 heteroatoms. The van der Waals surface area contributed by atoms with Gasteiger partial charge in [0.25, 0.3) is 0 Å². The summed E-state index contributed by atoms with van der Waals surface area (Å²) in [6.45, 7) is 4.93. The molecule has 39 heavy (non-hydrogen) atoms. The maximum Gasteiger partial charge on any atom is 0.335 e. The number of urea groups is 1. The molecule has 0 spiro atoms. The lowest BCUT2D eigenvalue weighted by Gasteiger charge is -2.41. The molecule has 4 atom stereocenters. The van der Waals surface area contributed by atoms with Crippen molar-refractivity contribution < 1.29 is 29.3 Å². The van der Waals surface area contributed by atoms with Gasteiger partial charge in [-0.3, -0.25) is 0 Å². The van der Waals surface area contributed by atoms with Crippen LogP contribution < -0.4 is 10.6 Å². The van der Waals surface area contributed by atoms with Gasteiger partial charge < -0.3 is 30.3 Å². The Labute approximate surface area is 232 Å². The summed E-state index contributed by atoms with van der Waals surface area (Å²) in [5.74, 6) is -0.253. The van der Waals surface area contributed by atoms with Gasteiger partial charge in [-0.05, 0) is 47.9 Å². The summed E-state index contributed by atoms with van der Waals surface area (Å²) in [5.41, 5.74) is 3.94. The number of rotatable bonds is 10. The Morgan fingerprint density at radius 2 is 1.51 bits per heavy atom. The molecule has 3 aromatic carbocycles. The highest BCUT2D eigenvalue weighted by Gasteiger charge is 2.38. The molecule has 0 aliphatic carbocycles. The van der Waals surface area contributed by atoms with E-state index in [1.54, 1.807) is 23.9 Å². The topological polar surface area (TPSA) is 117 Å². The molecule has 1 aliphatic rings. The first-order chi connectivity index (χ1) is 18.9. The number of carboxylic acids is 1. The van der Waals surface area contributed by atoms with Gasteiger partial charge in [0.1, 0.15) is 0 Å². The van der Waals surface area contributed by atoms with E-state index >= 15 is 0 Å². The molecule has 4 N–H and O–H groups in total. The van der Waals surface area contributed by atoms with Crippen LogP contribution in [0.1, 0.15) is 58.9 Å². The number of thioether (sulfide) groups is 1. The molecule has 8 nitrogen and oxygen atoms in total. The van der Waals surface area contributed by atoms with Gasteiger partial charge in [-0.2, -0.15) is 0 Å². The number of aliphatic hydroxyl groups is 1. The third-order valence-corrected chi connectivity index (χ3v) is 7.78. The maximum absolute atomic E-state index is 11.7. The Hall–Kier alpha value is -3.37. The molecule has 4 rings (SSSR count). The second-order valence-corrected chi connectivity index (χ2v) is 10.5. The van der Waals surface area contributed by atoms with E-state index in [-0.39, 0.29) is 36.3 Å². The number of carbonyl (C=O) groups excluding carboxylic acids is 1. The summed E-state index contributed by atoms with van der Waals surface area (Å²) in [4.78, 5) is 23.9. The standard InChI is InChI=1S/C30H34N2O6S/c1-3-31-30(36)32-16-20-4-10-24(11-5-20)29-37-26(18-39-25-14-12-23(13-15-25)28(34)35)19(2)27(38-29)22-8-6-21(17-33)7-9-22/h4-15,19,26-27,29,33H,3,16-18H2,1-2H3,(H,34,35)(H2,31,32,36)/t19-,26+,27+,29+/m1/s1. The number of aromatic carboxylic acids is 1. The van der Waals surface area contributed by atoms with Crippen LogP contribution in [0, 0.1) is 5.92 Å². The van der Waals surface area contributed by atoms with Crippen molar-refractivity contribution in [1.29, 1.82) is 0 Å². The van der Waals surface area contributed by atoms with Gasteiger partial charge in [-0.25, -0.2) is 9.59 Å². The number of aliphatic hydroxyl groups excluding tert-OH is 1. The number of nitrogens with one attached hydrogen (secondary N) is 2. The molecular formula is C30H34N2O6S. The van der Waals surface area contributed by atoms with Crippen LogP contribution in [0.2, 0.25) is 0 Å². The Morgan fingerprint density at radius 1 is 0.872 bits per heavy atom. The molecule has 1 fully saturated rings. The van der Waals surface area contributed by atoms with Crippen LogP contribution in [-0.4, -0.2) is 40.6 Å². The normalized spacial score (nSPS) is 20.8. The molecule has 0 aromatic heterocycles. The number of ether oxygens (including phenoxy) is 2. The second-order valence-electron chi connectivity index (χ2n) is 9.42. The average molecular weight is 551 g/mol. The molecule has 0 unspecified atom stereocenters. The molecule has 3 aromatic rings. The lowest BCUT2D eigenvalue weighted by atomic mass is 9.91. The first kappa shape index (κ1) is 28.6. The average Bonchev–Trinajstić information content (AvgIpc) is 2.96. The SMILES string of the molecule is CCNC(=O)NCc1ccc([C@H]2O[C@@H](CSc3ccc(C(=O)O)cc3)[C@@H](C)[C@@H](c3ccc(CO)cc3)O2)cc1. The highest BCUT2D eigenvalue weighted by atomic mass is 32.2. The summed E-state index contributed by atoms with van der Waals surface area (Å²) < 4.78 is 13.0. The minimum atomic E-state index is -0.947. The summed E-state index contributed by atoms with van der Waals surface area (Å²) in [5, 5.41) is 24.2. The highest BCUT2D eigenvalue weighted by molar-refractivity contribution is 7.99. The smallest absolute Gasteiger partial charge is 0.335 e. The zero-order chi connectivity index (χ0) is 27.8. The van der Waals surface area contributed by atoms with Crippen molar-refractivity contribution in [3.8, 4) is 0 Å². The molecule has 2 amide bonds. The van der Waals surface area contributed by atoms with Crippen LogP contribution >= 0.6 is 11.8 Å². The number of amides is 2. The zero-order valence-electron chi connectivity index (χ0n) is 22.0. The lowest BCUT2D eigenvalue weighted by molar-refractivity contribution is -0.268. The van der Waals surface area contributed by atoms with Gasteiger partial charge in [0.05, 0.1) is 24.4 Å². The maximum atomic E-state index is 11.7. The predicted molar refractivity (Wildman–Crippen MR) is 149 cm³/mol. The van der Waals surface area contributed by atoms with Crippen LogP contribution in [0.4, 0.5) is 4.79 Å². The van der Waals surface area contributed by atoms with E-state index in [1.807, 2.05) is 67.6 Å². The Morgan fingerprint density at radius 3 is 2.13 bits per heavy atom. The molecule has 0 bridgehead atoms. The van der Waals surface area contributed by atoms with E-state index in [2.05, 4.69) is 17.6 Å². The molecule has 1 saturated heterocycles. The van der Waals surface area contributed by atoms with Crippen molar-refractivity contribution >= 4 is 23.8 Å². The number of hydrogen-bond acceptors (Lipinski definition) is 6. The van der Waals surface area contributed by atoms with E-state index in [0.29, 0.717) is 18.8 Å². The van der Waals surface area contributed by atoms with Crippen molar-refractivity contribution in [3.63, 3.8) is 0 Å². The first-order valence-electron chi connectivity index (χ1n) is 12.9. The summed E-state index contributed by atoms with van der Waals surface area (Å²) in [6.07, 6.45) is -0.959. The minimum Gasteiger partial charge on any atom is -0.478 e. The van der Waals surface area contributed by atoms with Crippen molar-refractivity contribution in [2.45, 2.75) is 50.4 Å². The fourth-order valence-electron chi connectivity index (χ4n) is 4.38. The van der Waals surface area contributed by atoms with E-state index in [9.17, 15) is 14.7 Å². The molecule has 206 valence electrons. The van der Waals surface area contributed by atoms with Crippen LogP contribution in [-0.2, 0) is 22.6 Å². The Balaban J connectivity index is 1.50. The number of carboxylic acid groups (broad SMARTS) is 1. The van der Waals surface area contributed by atoms with Gasteiger partial charge in [-0.1, -0.05) is 55.5 Å². The van der Waals surface area contributed by atoms with E-state index in [4.69, 9.17) is 14.6 Å². The van der Waals surface area contributed by atoms with Crippen molar-refractivity contribution in [2.24, 2.45) is 5.92 Å². The van der Waals surface area contributed by atoms with Crippen molar-refractivity contribution in [2.75, 3.05) is 12.3 Å². The van der Waals surface area contributed by atoms with Crippen LogP contribution in [0.15, 0.2) is 77.7 Å². The summed E-state index contributed by atoms with van der Waals surface area (Å²) in [6, 6.07) is 22.2.